The molecular formula is C17H18BrN3O2. The fourth-order valence-corrected chi connectivity index (χ4v) is 2.23. The second-order valence-corrected chi connectivity index (χ2v) is 5.98. The number of halogens is 1. The highest BCUT2D eigenvalue weighted by molar-refractivity contribution is 9.10. The van der Waals surface area contributed by atoms with Crippen LogP contribution in [-0.2, 0) is 9.59 Å². The average molecular weight is 376 g/mol. The molecule has 2 rings (SSSR count). The van der Waals surface area contributed by atoms with Gasteiger partial charge in [0.1, 0.15) is 0 Å². The van der Waals surface area contributed by atoms with Gasteiger partial charge in [0.2, 0.25) is 11.8 Å². The molecule has 2 amide bonds. The fourth-order valence-electron chi connectivity index (χ4n) is 1.98. The van der Waals surface area contributed by atoms with Crippen molar-refractivity contribution in [1.82, 2.24) is 0 Å². The summed E-state index contributed by atoms with van der Waals surface area (Å²) in [5.74, 6) is -0.243. The van der Waals surface area contributed by atoms with Crippen LogP contribution in [0.4, 0.5) is 17.1 Å². The van der Waals surface area contributed by atoms with Crippen LogP contribution in [0.2, 0.25) is 0 Å². The SMILES string of the molecule is CC(=O)Nc1ccc(NCC(=O)Nc2ccc(Br)c(C)c2)cc1. The Kier molecular flexibility index (Phi) is 5.76. The Balaban J connectivity index is 1.86. The van der Waals surface area contributed by atoms with Gasteiger partial charge in [-0.3, -0.25) is 9.59 Å². The van der Waals surface area contributed by atoms with Crippen molar-refractivity contribution < 1.29 is 9.59 Å². The van der Waals surface area contributed by atoms with E-state index in [1.165, 1.54) is 6.92 Å². The first-order valence-electron chi connectivity index (χ1n) is 7.11. The molecule has 6 heteroatoms. The van der Waals surface area contributed by atoms with E-state index in [1.807, 2.05) is 37.3 Å². The molecule has 0 fully saturated rings. The summed E-state index contributed by atoms with van der Waals surface area (Å²) in [6, 6.07) is 12.8. The molecule has 2 aromatic carbocycles. The molecular weight excluding hydrogens is 358 g/mol. The Morgan fingerprint density at radius 3 is 2.17 bits per heavy atom. The standard InChI is InChI=1S/C17H18BrN3O2/c1-11-9-15(7-8-16(11)18)21-17(23)10-19-13-3-5-14(6-4-13)20-12(2)22/h3-9,19H,10H2,1-2H3,(H,20,22)(H,21,23). The van der Waals surface area contributed by atoms with Crippen LogP contribution < -0.4 is 16.0 Å². The number of hydrogen-bond donors (Lipinski definition) is 3. The van der Waals surface area contributed by atoms with Crippen molar-refractivity contribution in [2.75, 3.05) is 22.5 Å². The fraction of sp³-hybridized carbons (Fsp3) is 0.176. The molecule has 23 heavy (non-hydrogen) atoms. The van der Waals surface area contributed by atoms with Crippen LogP contribution in [0.1, 0.15) is 12.5 Å². The van der Waals surface area contributed by atoms with Crippen molar-refractivity contribution in [3.8, 4) is 0 Å². The number of carbonyl (C=O) groups is 2. The predicted octanol–water partition coefficient (Wildman–Crippen LogP) is 3.77. The second kappa shape index (κ2) is 7.78. The van der Waals surface area contributed by atoms with Gasteiger partial charge in [-0.15, -0.1) is 0 Å². The molecule has 5 nitrogen and oxygen atoms in total. The highest BCUT2D eigenvalue weighted by Crippen LogP contribution is 2.20. The molecule has 3 N–H and O–H groups in total. The molecule has 0 bridgehead atoms. The number of aryl methyl sites for hydroxylation is 1. The van der Waals surface area contributed by atoms with E-state index in [0.717, 1.165) is 27.1 Å². The lowest BCUT2D eigenvalue weighted by Crippen LogP contribution is -2.21. The molecule has 0 heterocycles. The highest BCUT2D eigenvalue weighted by atomic mass is 79.9. The number of anilines is 3. The molecule has 0 aliphatic heterocycles. The van der Waals surface area contributed by atoms with Crippen molar-refractivity contribution in [2.45, 2.75) is 13.8 Å². The summed E-state index contributed by atoms with van der Waals surface area (Å²) < 4.78 is 1.01. The van der Waals surface area contributed by atoms with Gasteiger partial charge in [-0.05, 0) is 55.0 Å². The molecule has 0 unspecified atom stereocenters. The van der Waals surface area contributed by atoms with E-state index in [-0.39, 0.29) is 18.4 Å². The second-order valence-electron chi connectivity index (χ2n) is 5.12. The van der Waals surface area contributed by atoms with Crippen molar-refractivity contribution >= 4 is 44.8 Å². The summed E-state index contributed by atoms with van der Waals surface area (Å²) in [7, 11) is 0. The maximum absolute atomic E-state index is 12.0. The van der Waals surface area contributed by atoms with Crippen LogP contribution in [-0.4, -0.2) is 18.4 Å². The minimum atomic E-state index is -0.127. The molecule has 0 atom stereocenters. The Morgan fingerprint density at radius 1 is 0.957 bits per heavy atom. The van der Waals surface area contributed by atoms with E-state index >= 15 is 0 Å². The Labute approximate surface area is 143 Å². The third kappa shape index (κ3) is 5.41. The maximum atomic E-state index is 12.0. The van der Waals surface area contributed by atoms with Crippen molar-refractivity contribution in [3.05, 3.63) is 52.5 Å². The van der Waals surface area contributed by atoms with Crippen LogP contribution in [0.25, 0.3) is 0 Å². The summed E-state index contributed by atoms with van der Waals surface area (Å²) in [5, 5.41) is 8.57. The number of rotatable bonds is 5. The Bertz CT molecular complexity index is 714. The molecule has 0 radical (unpaired) electrons. The Morgan fingerprint density at radius 2 is 1.57 bits per heavy atom. The minimum absolute atomic E-state index is 0.116. The van der Waals surface area contributed by atoms with E-state index in [9.17, 15) is 9.59 Å². The van der Waals surface area contributed by atoms with Gasteiger partial charge >= 0.3 is 0 Å². The third-order valence-corrected chi connectivity index (χ3v) is 3.99. The van der Waals surface area contributed by atoms with Gasteiger partial charge in [0.05, 0.1) is 6.54 Å². The van der Waals surface area contributed by atoms with Gasteiger partial charge in [-0.25, -0.2) is 0 Å². The van der Waals surface area contributed by atoms with E-state index in [2.05, 4.69) is 31.9 Å². The molecule has 120 valence electrons. The molecule has 0 saturated heterocycles. The van der Waals surface area contributed by atoms with E-state index in [0.29, 0.717) is 0 Å². The summed E-state index contributed by atoms with van der Waals surface area (Å²) in [6.07, 6.45) is 0. The van der Waals surface area contributed by atoms with Gasteiger partial charge in [0.15, 0.2) is 0 Å². The molecule has 0 spiro atoms. The topological polar surface area (TPSA) is 70.2 Å². The van der Waals surface area contributed by atoms with Crippen LogP contribution in [0, 0.1) is 6.92 Å². The zero-order chi connectivity index (χ0) is 16.8. The zero-order valence-electron chi connectivity index (χ0n) is 12.9. The zero-order valence-corrected chi connectivity index (χ0v) is 14.5. The number of carbonyl (C=O) groups excluding carboxylic acids is 2. The van der Waals surface area contributed by atoms with Gasteiger partial charge < -0.3 is 16.0 Å². The van der Waals surface area contributed by atoms with Crippen molar-refractivity contribution in [2.24, 2.45) is 0 Å². The minimum Gasteiger partial charge on any atom is -0.376 e. The number of amides is 2. The van der Waals surface area contributed by atoms with Crippen LogP contribution >= 0.6 is 15.9 Å². The van der Waals surface area contributed by atoms with Crippen LogP contribution in [0.3, 0.4) is 0 Å². The van der Waals surface area contributed by atoms with Crippen molar-refractivity contribution in [3.63, 3.8) is 0 Å². The lowest BCUT2D eigenvalue weighted by Gasteiger charge is -2.09. The largest absolute Gasteiger partial charge is 0.376 e. The average Bonchev–Trinajstić information content (AvgIpc) is 2.50. The monoisotopic (exact) mass is 375 g/mol. The van der Waals surface area contributed by atoms with Gasteiger partial charge in [-0.1, -0.05) is 15.9 Å². The molecule has 0 aliphatic carbocycles. The first-order chi connectivity index (χ1) is 10.9. The number of hydrogen-bond acceptors (Lipinski definition) is 3. The maximum Gasteiger partial charge on any atom is 0.243 e. The van der Waals surface area contributed by atoms with Gasteiger partial charge in [0.25, 0.3) is 0 Å². The van der Waals surface area contributed by atoms with Crippen LogP contribution in [0.5, 0.6) is 0 Å². The summed E-state index contributed by atoms with van der Waals surface area (Å²) in [4.78, 5) is 22.9. The van der Waals surface area contributed by atoms with E-state index in [4.69, 9.17) is 0 Å². The summed E-state index contributed by atoms with van der Waals surface area (Å²) >= 11 is 3.43. The lowest BCUT2D eigenvalue weighted by molar-refractivity contribution is -0.115. The first-order valence-corrected chi connectivity index (χ1v) is 7.91. The molecule has 0 saturated carbocycles. The van der Waals surface area contributed by atoms with Crippen LogP contribution in [0.15, 0.2) is 46.9 Å². The van der Waals surface area contributed by atoms with Crippen molar-refractivity contribution in [1.29, 1.82) is 0 Å². The highest BCUT2D eigenvalue weighted by Gasteiger charge is 2.04. The molecule has 0 aliphatic rings. The number of benzene rings is 2. The summed E-state index contributed by atoms with van der Waals surface area (Å²) in [5.41, 5.74) is 3.35. The van der Waals surface area contributed by atoms with Gasteiger partial charge in [0, 0.05) is 28.5 Å². The smallest absolute Gasteiger partial charge is 0.243 e. The Hall–Kier alpha value is -2.34. The normalized spacial score (nSPS) is 10.0. The van der Waals surface area contributed by atoms with Gasteiger partial charge in [-0.2, -0.15) is 0 Å². The summed E-state index contributed by atoms with van der Waals surface area (Å²) in [6.45, 7) is 3.59. The van der Waals surface area contributed by atoms with E-state index in [1.54, 1.807) is 12.1 Å². The predicted molar refractivity (Wildman–Crippen MR) is 96.7 cm³/mol. The lowest BCUT2D eigenvalue weighted by atomic mass is 10.2. The molecule has 0 aromatic heterocycles. The first kappa shape index (κ1) is 17.0. The number of nitrogens with one attached hydrogen (secondary N) is 3. The molecule has 2 aromatic rings. The van der Waals surface area contributed by atoms with E-state index < -0.39 is 0 Å². The quantitative estimate of drug-likeness (QED) is 0.744. The third-order valence-electron chi connectivity index (χ3n) is 3.10.